The summed E-state index contributed by atoms with van der Waals surface area (Å²) in [5.41, 5.74) is -0.987. The molecular formula is C10H12F3N3O. The molecule has 0 spiro atoms. The van der Waals surface area contributed by atoms with Crippen LogP contribution in [0.2, 0.25) is 0 Å². The lowest BCUT2D eigenvalue weighted by Gasteiger charge is -2.23. The van der Waals surface area contributed by atoms with Gasteiger partial charge in [0.1, 0.15) is 5.82 Å². The number of alkyl halides is 3. The maximum absolute atomic E-state index is 12.4. The summed E-state index contributed by atoms with van der Waals surface area (Å²) >= 11 is 0. The van der Waals surface area contributed by atoms with Crippen LogP contribution in [0.25, 0.3) is 0 Å². The molecule has 1 N–H and O–H groups in total. The van der Waals surface area contributed by atoms with Crippen molar-refractivity contribution in [3.8, 4) is 0 Å². The van der Waals surface area contributed by atoms with Crippen LogP contribution >= 0.6 is 0 Å². The van der Waals surface area contributed by atoms with Crippen molar-refractivity contribution in [1.29, 1.82) is 0 Å². The zero-order valence-corrected chi connectivity index (χ0v) is 9.00. The van der Waals surface area contributed by atoms with Crippen molar-refractivity contribution in [1.82, 2.24) is 9.97 Å². The van der Waals surface area contributed by atoms with E-state index in [0.717, 1.165) is 12.8 Å². The SMILES string of the molecule is FC(F)(F)c1cncc(N[C@@H]2CCCOC2)n1. The fourth-order valence-electron chi connectivity index (χ4n) is 1.64. The summed E-state index contributed by atoms with van der Waals surface area (Å²) in [5.74, 6) is 0.135. The Bertz CT molecular complexity index is 377. The van der Waals surface area contributed by atoms with E-state index >= 15 is 0 Å². The molecule has 2 heterocycles. The molecule has 17 heavy (non-hydrogen) atoms. The molecule has 1 fully saturated rings. The highest BCUT2D eigenvalue weighted by atomic mass is 19.4. The van der Waals surface area contributed by atoms with Gasteiger partial charge in [-0.3, -0.25) is 4.98 Å². The molecule has 0 bridgehead atoms. The monoisotopic (exact) mass is 247 g/mol. The van der Waals surface area contributed by atoms with Crippen molar-refractivity contribution in [2.24, 2.45) is 0 Å². The molecule has 1 aliphatic heterocycles. The van der Waals surface area contributed by atoms with Crippen LogP contribution in [0, 0.1) is 0 Å². The number of ether oxygens (including phenoxy) is 1. The maximum Gasteiger partial charge on any atom is 0.434 e. The molecule has 1 aromatic heterocycles. The Labute approximate surface area is 96.2 Å². The predicted octanol–water partition coefficient (Wildman–Crippen LogP) is 2.09. The minimum atomic E-state index is -4.46. The standard InChI is InChI=1S/C10H12F3N3O/c11-10(12,13)8-4-14-5-9(16-8)15-7-2-1-3-17-6-7/h4-5,7H,1-3,6H2,(H,15,16)/t7-/m1/s1. The van der Waals surface area contributed by atoms with E-state index in [-0.39, 0.29) is 11.9 Å². The number of anilines is 1. The van der Waals surface area contributed by atoms with E-state index in [0.29, 0.717) is 19.4 Å². The highest BCUT2D eigenvalue weighted by Gasteiger charge is 2.33. The van der Waals surface area contributed by atoms with Gasteiger partial charge in [0, 0.05) is 6.61 Å². The molecule has 1 atom stereocenters. The van der Waals surface area contributed by atoms with Gasteiger partial charge in [0.05, 0.1) is 25.0 Å². The first-order valence-corrected chi connectivity index (χ1v) is 5.29. The second-order valence-electron chi connectivity index (χ2n) is 3.85. The van der Waals surface area contributed by atoms with Crippen LogP contribution in [0.3, 0.4) is 0 Å². The number of halogens is 3. The van der Waals surface area contributed by atoms with Crippen LogP contribution in [0.4, 0.5) is 19.0 Å². The summed E-state index contributed by atoms with van der Waals surface area (Å²) in [4.78, 5) is 7.01. The van der Waals surface area contributed by atoms with Gasteiger partial charge in [-0.05, 0) is 12.8 Å². The van der Waals surface area contributed by atoms with Crippen LogP contribution in [0.1, 0.15) is 18.5 Å². The zero-order chi connectivity index (χ0) is 12.3. The quantitative estimate of drug-likeness (QED) is 0.869. The number of aromatic nitrogens is 2. The molecule has 4 nitrogen and oxygen atoms in total. The third-order valence-corrected chi connectivity index (χ3v) is 2.44. The molecule has 0 aliphatic carbocycles. The molecular weight excluding hydrogens is 235 g/mol. The van der Waals surface area contributed by atoms with Gasteiger partial charge in [0.15, 0.2) is 5.69 Å². The molecule has 0 unspecified atom stereocenters. The highest BCUT2D eigenvalue weighted by Crippen LogP contribution is 2.27. The fraction of sp³-hybridized carbons (Fsp3) is 0.600. The minimum Gasteiger partial charge on any atom is -0.379 e. The second kappa shape index (κ2) is 4.87. The summed E-state index contributed by atoms with van der Waals surface area (Å²) in [6, 6.07) is 0.00142. The molecule has 94 valence electrons. The first kappa shape index (κ1) is 12.1. The number of nitrogens with one attached hydrogen (secondary N) is 1. The van der Waals surface area contributed by atoms with E-state index < -0.39 is 11.9 Å². The molecule has 7 heteroatoms. The summed E-state index contributed by atoms with van der Waals surface area (Å²) < 4.78 is 42.4. The smallest absolute Gasteiger partial charge is 0.379 e. The van der Waals surface area contributed by atoms with Crippen LogP contribution in [0.5, 0.6) is 0 Å². The molecule has 0 saturated carbocycles. The van der Waals surface area contributed by atoms with Crippen molar-refractivity contribution < 1.29 is 17.9 Å². The minimum absolute atomic E-state index is 0.00142. The molecule has 1 saturated heterocycles. The van der Waals surface area contributed by atoms with Crippen LogP contribution < -0.4 is 5.32 Å². The average molecular weight is 247 g/mol. The predicted molar refractivity (Wildman–Crippen MR) is 54.5 cm³/mol. The van der Waals surface area contributed by atoms with Gasteiger partial charge in [-0.2, -0.15) is 13.2 Å². The number of nitrogens with zero attached hydrogens (tertiary/aromatic N) is 2. The van der Waals surface area contributed by atoms with Gasteiger partial charge in [0.25, 0.3) is 0 Å². The first-order valence-electron chi connectivity index (χ1n) is 5.29. The Morgan fingerprint density at radius 2 is 2.18 bits per heavy atom. The van der Waals surface area contributed by atoms with Crippen molar-refractivity contribution in [2.75, 3.05) is 18.5 Å². The lowest BCUT2D eigenvalue weighted by molar-refractivity contribution is -0.141. The normalized spacial score (nSPS) is 21.2. The van der Waals surface area contributed by atoms with Gasteiger partial charge in [0.2, 0.25) is 0 Å². The zero-order valence-electron chi connectivity index (χ0n) is 9.00. The molecule has 2 rings (SSSR count). The third-order valence-electron chi connectivity index (χ3n) is 2.44. The third kappa shape index (κ3) is 3.29. The number of hydrogen-bond acceptors (Lipinski definition) is 4. The Hall–Kier alpha value is -1.37. The first-order chi connectivity index (χ1) is 8.05. The Morgan fingerprint density at radius 1 is 1.35 bits per heavy atom. The van der Waals surface area contributed by atoms with E-state index in [4.69, 9.17) is 4.74 Å². The van der Waals surface area contributed by atoms with E-state index in [1.54, 1.807) is 0 Å². The van der Waals surface area contributed by atoms with Crippen molar-refractivity contribution in [3.05, 3.63) is 18.1 Å². The van der Waals surface area contributed by atoms with Crippen molar-refractivity contribution in [2.45, 2.75) is 25.1 Å². The second-order valence-corrected chi connectivity index (χ2v) is 3.85. The average Bonchev–Trinajstić information content (AvgIpc) is 2.29. The lowest BCUT2D eigenvalue weighted by atomic mass is 10.1. The number of rotatable bonds is 2. The summed E-state index contributed by atoms with van der Waals surface area (Å²) in [7, 11) is 0. The summed E-state index contributed by atoms with van der Waals surface area (Å²) in [5, 5.41) is 2.89. The molecule has 1 aromatic rings. The summed E-state index contributed by atoms with van der Waals surface area (Å²) in [6.07, 6.45) is -0.720. The molecule has 0 radical (unpaired) electrons. The molecule has 0 aromatic carbocycles. The fourth-order valence-corrected chi connectivity index (χ4v) is 1.64. The van der Waals surface area contributed by atoms with E-state index in [1.807, 2.05) is 0 Å². The molecule has 0 amide bonds. The van der Waals surface area contributed by atoms with Gasteiger partial charge in [-0.15, -0.1) is 0 Å². The van der Waals surface area contributed by atoms with E-state index in [2.05, 4.69) is 15.3 Å². The highest BCUT2D eigenvalue weighted by molar-refractivity contribution is 5.33. The summed E-state index contributed by atoms with van der Waals surface area (Å²) in [6.45, 7) is 1.18. The Morgan fingerprint density at radius 3 is 2.82 bits per heavy atom. The Kier molecular flexibility index (Phi) is 3.46. The van der Waals surface area contributed by atoms with E-state index in [1.165, 1.54) is 6.20 Å². The largest absolute Gasteiger partial charge is 0.434 e. The Balaban J connectivity index is 2.05. The maximum atomic E-state index is 12.4. The van der Waals surface area contributed by atoms with E-state index in [9.17, 15) is 13.2 Å². The van der Waals surface area contributed by atoms with Gasteiger partial charge in [-0.25, -0.2) is 4.98 Å². The van der Waals surface area contributed by atoms with Gasteiger partial charge >= 0.3 is 6.18 Å². The lowest BCUT2D eigenvalue weighted by Crippen LogP contribution is -2.30. The van der Waals surface area contributed by atoms with Crippen LogP contribution in [-0.4, -0.2) is 29.2 Å². The van der Waals surface area contributed by atoms with Crippen molar-refractivity contribution >= 4 is 5.82 Å². The van der Waals surface area contributed by atoms with Gasteiger partial charge < -0.3 is 10.1 Å². The molecule has 1 aliphatic rings. The number of hydrogen-bond donors (Lipinski definition) is 1. The van der Waals surface area contributed by atoms with Crippen molar-refractivity contribution in [3.63, 3.8) is 0 Å². The van der Waals surface area contributed by atoms with Crippen LogP contribution in [0.15, 0.2) is 12.4 Å². The topological polar surface area (TPSA) is 47.0 Å². The van der Waals surface area contributed by atoms with Gasteiger partial charge in [-0.1, -0.05) is 0 Å². The van der Waals surface area contributed by atoms with Crippen LogP contribution in [-0.2, 0) is 10.9 Å².